The van der Waals surface area contributed by atoms with Gasteiger partial charge in [0.25, 0.3) is 0 Å². The van der Waals surface area contributed by atoms with E-state index in [1.807, 2.05) is 18.2 Å². The van der Waals surface area contributed by atoms with E-state index in [0.717, 1.165) is 5.56 Å². The third kappa shape index (κ3) is 2.92. The molecule has 0 bridgehead atoms. The van der Waals surface area contributed by atoms with Crippen molar-refractivity contribution in [2.24, 2.45) is 0 Å². The summed E-state index contributed by atoms with van der Waals surface area (Å²) in [5.41, 5.74) is 1.29. The number of benzene rings is 2. The average Bonchev–Trinajstić information content (AvgIpc) is 2.84. The Bertz CT molecular complexity index is 977. The van der Waals surface area contributed by atoms with E-state index in [1.54, 1.807) is 12.1 Å². The van der Waals surface area contributed by atoms with Gasteiger partial charge in [0.05, 0.1) is 10.5 Å². The van der Waals surface area contributed by atoms with Crippen molar-refractivity contribution in [2.75, 3.05) is 0 Å². The van der Waals surface area contributed by atoms with Gasteiger partial charge in [-0.15, -0.1) is 0 Å². The second-order valence-corrected chi connectivity index (χ2v) is 6.75. The highest BCUT2D eigenvalue weighted by Gasteiger charge is 2.20. The molecular weight excluding hydrogens is 328 g/mol. The summed E-state index contributed by atoms with van der Waals surface area (Å²) in [5, 5.41) is 0.00473. The molecule has 0 spiro atoms. The highest BCUT2D eigenvalue weighted by Crippen LogP contribution is 2.26. The highest BCUT2D eigenvalue weighted by molar-refractivity contribution is 7.89. The van der Waals surface area contributed by atoms with E-state index in [-0.39, 0.29) is 22.0 Å². The van der Waals surface area contributed by atoms with Crippen molar-refractivity contribution in [3.63, 3.8) is 0 Å². The summed E-state index contributed by atoms with van der Waals surface area (Å²) in [5.74, 6) is -0.669. The van der Waals surface area contributed by atoms with Crippen LogP contribution in [-0.2, 0) is 16.6 Å². The lowest BCUT2D eigenvalue weighted by atomic mass is 10.2. The van der Waals surface area contributed by atoms with Gasteiger partial charge >= 0.3 is 5.76 Å². The number of hydrogen-bond acceptors (Lipinski definition) is 4. The Kier molecular flexibility index (Phi) is 3.78. The van der Waals surface area contributed by atoms with Gasteiger partial charge in [0, 0.05) is 12.6 Å². The Morgan fingerprint density at radius 2 is 1.91 bits per heavy atom. The molecule has 2 N–H and O–H groups in total. The van der Waals surface area contributed by atoms with Crippen molar-refractivity contribution in [3.05, 3.63) is 63.6 Å². The van der Waals surface area contributed by atoms with Crippen LogP contribution in [0.2, 0.25) is 5.02 Å². The highest BCUT2D eigenvalue weighted by atomic mass is 35.5. The molecule has 0 saturated carbocycles. The molecule has 0 atom stereocenters. The smallest absolute Gasteiger partial charge is 0.408 e. The molecule has 0 amide bonds. The van der Waals surface area contributed by atoms with E-state index in [1.165, 1.54) is 12.1 Å². The summed E-state index contributed by atoms with van der Waals surface area (Å²) in [7, 11) is -3.83. The minimum atomic E-state index is -3.83. The minimum absolute atomic E-state index is 0.00473. The normalized spacial score (nSPS) is 11.9. The van der Waals surface area contributed by atoms with Crippen molar-refractivity contribution in [1.82, 2.24) is 9.71 Å². The topological polar surface area (TPSA) is 92.2 Å². The van der Waals surface area contributed by atoms with Gasteiger partial charge in [-0.1, -0.05) is 41.9 Å². The predicted octanol–water partition coefficient (Wildman–Crippen LogP) is 2.25. The number of hydrogen-bond donors (Lipinski definition) is 2. The first kappa shape index (κ1) is 14.8. The van der Waals surface area contributed by atoms with Crippen LogP contribution in [-0.4, -0.2) is 13.4 Å². The van der Waals surface area contributed by atoms with Crippen LogP contribution in [0.25, 0.3) is 11.1 Å². The maximum Gasteiger partial charge on any atom is 0.417 e. The number of aromatic amines is 1. The van der Waals surface area contributed by atoms with Crippen LogP contribution in [0.1, 0.15) is 5.56 Å². The first-order valence-corrected chi connectivity index (χ1v) is 8.18. The van der Waals surface area contributed by atoms with Gasteiger partial charge in [-0.2, -0.15) is 0 Å². The number of nitrogens with one attached hydrogen (secondary N) is 2. The standard InChI is InChI=1S/C14H11ClN2O4S/c15-10-6-11-12(21-14(18)17-11)7-13(10)22(19,20)16-8-9-4-2-1-3-5-9/h1-7,16H,8H2,(H,17,18). The van der Waals surface area contributed by atoms with Gasteiger partial charge in [-0.3, -0.25) is 4.98 Å². The molecule has 8 heteroatoms. The fourth-order valence-corrected chi connectivity index (χ4v) is 3.57. The summed E-state index contributed by atoms with van der Waals surface area (Å²) in [4.78, 5) is 13.4. The minimum Gasteiger partial charge on any atom is -0.408 e. The van der Waals surface area contributed by atoms with E-state index in [4.69, 9.17) is 16.0 Å². The Labute approximate surface area is 130 Å². The quantitative estimate of drug-likeness (QED) is 0.763. The zero-order valence-corrected chi connectivity index (χ0v) is 12.7. The van der Waals surface area contributed by atoms with Gasteiger partial charge in [0.2, 0.25) is 10.0 Å². The van der Waals surface area contributed by atoms with E-state index < -0.39 is 15.8 Å². The molecule has 0 aliphatic carbocycles. The van der Waals surface area contributed by atoms with E-state index in [9.17, 15) is 13.2 Å². The Hall–Kier alpha value is -2.09. The number of oxazole rings is 1. The molecular formula is C14H11ClN2O4S. The number of aromatic nitrogens is 1. The van der Waals surface area contributed by atoms with Crippen LogP contribution in [0.5, 0.6) is 0 Å². The van der Waals surface area contributed by atoms with Gasteiger partial charge in [0.1, 0.15) is 4.90 Å². The fourth-order valence-electron chi connectivity index (χ4n) is 2.01. The molecule has 1 aromatic heterocycles. The molecule has 0 unspecified atom stereocenters. The molecule has 0 saturated heterocycles. The molecule has 1 heterocycles. The summed E-state index contributed by atoms with van der Waals surface area (Å²) < 4.78 is 32.0. The van der Waals surface area contributed by atoms with Crippen molar-refractivity contribution >= 4 is 32.7 Å². The maximum absolute atomic E-state index is 12.4. The van der Waals surface area contributed by atoms with Gasteiger partial charge in [0.15, 0.2) is 5.58 Å². The number of sulfonamides is 1. The average molecular weight is 339 g/mol. The lowest BCUT2D eigenvalue weighted by Gasteiger charge is -2.08. The number of H-pyrrole nitrogens is 1. The first-order chi connectivity index (χ1) is 10.5. The second kappa shape index (κ2) is 5.60. The molecule has 0 aliphatic heterocycles. The third-order valence-electron chi connectivity index (χ3n) is 3.07. The molecule has 0 aliphatic rings. The Morgan fingerprint density at radius 3 is 2.64 bits per heavy atom. The SMILES string of the molecule is O=c1[nH]c2cc(Cl)c(S(=O)(=O)NCc3ccccc3)cc2o1. The first-order valence-electron chi connectivity index (χ1n) is 6.32. The van der Waals surface area contributed by atoms with E-state index in [2.05, 4.69) is 9.71 Å². The van der Waals surface area contributed by atoms with Crippen LogP contribution < -0.4 is 10.5 Å². The van der Waals surface area contributed by atoms with Crippen molar-refractivity contribution in [1.29, 1.82) is 0 Å². The van der Waals surface area contributed by atoms with E-state index >= 15 is 0 Å². The van der Waals surface area contributed by atoms with Crippen molar-refractivity contribution in [2.45, 2.75) is 11.4 Å². The Morgan fingerprint density at radius 1 is 1.18 bits per heavy atom. The second-order valence-electron chi connectivity index (χ2n) is 4.60. The van der Waals surface area contributed by atoms with Crippen molar-refractivity contribution < 1.29 is 12.8 Å². The lowest BCUT2D eigenvalue weighted by molar-refractivity contribution is 0.553. The summed E-state index contributed by atoms with van der Waals surface area (Å²) in [6.45, 7) is 0.134. The van der Waals surface area contributed by atoms with Crippen molar-refractivity contribution in [3.8, 4) is 0 Å². The summed E-state index contributed by atoms with van der Waals surface area (Å²) in [6.07, 6.45) is 0. The summed E-state index contributed by atoms with van der Waals surface area (Å²) >= 11 is 6.00. The van der Waals surface area contributed by atoms with Crippen LogP contribution in [0.3, 0.4) is 0 Å². The molecule has 22 heavy (non-hydrogen) atoms. The predicted molar refractivity (Wildman–Crippen MR) is 82.3 cm³/mol. The van der Waals surface area contributed by atoms with Gasteiger partial charge in [-0.05, 0) is 11.6 Å². The molecule has 0 fully saturated rings. The summed E-state index contributed by atoms with van der Waals surface area (Å²) in [6, 6.07) is 11.7. The maximum atomic E-state index is 12.4. The van der Waals surface area contributed by atoms with Crippen LogP contribution in [0.15, 0.2) is 56.6 Å². The van der Waals surface area contributed by atoms with E-state index in [0.29, 0.717) is 5.52 Å². The molecule has 6 nitrogen and oxygen atoms in total. The molecule has 0 radical (unpaired) electrons. The fraction of sp³-hybridized carbons (Fsp3) is 0.0714. The lowest BCUT2D eigenvalue weighted by Crippen LogP contribution is -2.23. The molecule has 2 aromatic carbocycles. The molecule has 3 rings (SSSR count). The van der Waals surface area contributed by atoms with Crippen LogP contribution >= 0.6 is 11.6 Å². The molecule has 3 aromatic rings. The number of halogens is 1. The van der Waals surface area contributed by atoms with Crippen LogP contribution in [0, 0.1) is 0 Å². The number of fused-ring (bicyclic) bond motifs is 1. The largest absolute Gasteiger partial charge is 0.417 e. The zero-order valence-electron chi connectivity index (χ0n) is 11.2. The monoisotopic (exact) mass is 338 g/mol. The molecule has 114 valence electrons. The Balaban J connectivity index is 1.94. The third-order valence-corrected chi connectivity index (χ3v) is 4.94. The number of rotatable bonds is 4. The van der Waals surface area contributed by atoms with Gasteiger partial charge < -0.3 is 4.42 Å². The zero-order chi connectivity index (χ0) is 15.7. The van der Waals surface area contributed by atoms with Crippen LogP contribution in [0.4, 0.5) is 0 Å². The van der Waals surface area contributed by atoms with Gasteiger partial charge in [-0.25, -0.2) is 17.9 Å².